The lowest BCUT2D eigenvalue weighted by Crippen LogP contribution is -2.07. The van der Waals surface area contributed by atoms with Crippen LogP contribution in [-0.2, 0) is 19.4 Å². The summed E-state index contributed by atoms with van der Waals surface area (Å²) in [6.07, 6.45) is 7.22. The molecule has 34 heavy (non-hydrogen) atoms. The van der Waals surface area contributed by atoms with Crippen molar-refractivity contribution in [3.05, 3.63) is 90.0 Å². The molecule has 0 bridgehead atoms. The van der Waals surface area contributed by atoms with Crippen molar-refractivity contribution in [2.24, 2.45) is 0 Å². The molecule has 0 aliphatic heterocycles. The van der Waals surface area contributed by atoms with E-state index in [2.05, 4.69) is 95.7 Å². The zero-order chi connectivity index (χ0) is 22.9. The van der Waals surface area contributed by atoms with Crippen molar-refractivity contribution in [3.8, 4) is 11.4 Å². The van der Waals surface area contributed by atoms with Crippen LogP contribution in [0, 0.1) is 0 Å². The van der Waals surface area contributed by atoms with E-state index >= 15 is 0 Å². The van der Waals surface area contributed by atoms with E-state index in [0.717, 1.165) is 42.1 Å². The van der Waals surface area contributed by atoms with E-state index in [4.69, 9.17) is 4.98 Å². The number of rotatable bonds is 6. The Hall–Kier alpha value is -3.59. The van der Waals surface area contributed by atoms with Gasteiger partial charge in [-0.2, -0.15) is 0 Å². The minimum atomic E-state index is 0.990. The van der Waals surface area contributed by atoms with Gasteiger partial charge in [0.15, 0.2) is 0 Å². The molecule has 1 aliphatic carbocycles. The summed E-state index contributed by atoms with van der Waals surface area (Å²) in [4.78, 5) is 5.32. The van der Waals surface area contributed by atoms with E-state index in [1.54, 1.807) is 0 Å². The highest BCUT2D eigenvalue weighted by atomic mass is 15.1. The highest BCUT2D eigenvalue weighted by Gasteiger charge is 2.20. The number of aryl methyl sites for hydroxylation is 2. The van der Waals surface area contributed by atoms with Crippen LogP contribution in [-0.4, -0.2) is 9.55 Å². The van der Waals surface area contributed by atoms with Gasteiger partial charge >= 0.3 is 0 Å². The molecule has 1 N–H and O–H groups in total. The molecule has 3 heteroatoms. The van der Waals surface area contributed by atoms with Crippen LogP contribution in [0.2, 0.25) is 0 Å². The van der Waals surface area contributed by atoms with Crippen molar-refractivity contribution in [3.63, 3.8) is 0 Å². The second kappa shape index (κ2) is 8.98. The maximum atomic E-state index is 5.32. The zero-order valence-electron chi connectivity index (χ0n) is 19.8. The minimum absolute atomic E-state index is 0.990. The van der Waals surface area contributed by atoms with Crippen LogP contribution in [0.15, 0.2) is 78.9 Å². The van der Waals surface area contributed by atoms with E-state index in [-0.39, 0.29) is 0 Å². The van der Waals surface area contributed by atoms with Crippen LogP contribution in [0.3, 0.4) is 0 Å². The average molecular weight is 446 g/mol. The first kappa shape index (κ1) is 21.0. The standard InChI is InChI=1S/C31H31N3/c1-2-3-21-34-29-20-10-19-28(32-27-18-9-14-23-12-5-7-16-25(23)27)30(29)33-31(34)26-17-8-13-22-11-4-6-15-24(22)26/h5,7-10,12-14,16-20,32H,2-4,6,11,15,21H2,1H3. The predicted octanol–water partition coefficient (Wildman–Crippen LogP) is 8.28. The van der Waals surface area contributed by atoms with Crippen LogP contribution in [0.25, 0.3) is 33.2 Å². The summed E-state index contributed by atoms with van der Waals surface area (Å²) in [5.74, 6) is 1.12. The smallest absolute Gasteiger partial charge is 0.141 e. The number of fused-ring (bicyclic) bond motifs is 3. The summed E-state index contributed by atoms with van der Waals surface area (Å²) in [5.41, 5.74) is 8.78. The third kappa shape index (κ3) is 3.66. The topological polar surface area (TPSA) is 29.9 Å². The van der Waals surface area contributed by atoms with Crippen LogP contribution in [0.1, 0.15) is 43.7 Å². The molecule has 1 aromatic heterocycles. The van der Waals surface area contributed by atoms with Crippen LogP contribution < -0.4 is 5.32 Å². The molecule has 3 nitrogen and oxygen atoms in total. The van der Waals surface area contributed by atoms with E-state index in [0.29, 0.717) is 0 Å². The van der Waals surface area contributed by atoms with Crippen molar-refractivity contribution >= 4 is 33.2 Å². The number of hydrogen-bond acceptors (Lipinski definition) is 2. The molecule has 0 atom stereocenters. The molecule has 5 aromatic rings. The Kier molecular flexibility index (Phi) is 5.54. The van der Waals surface area contributed by atoms with Crippen molar-refractivity contribution in [1.82, 2.24) is 9.55 Å². The number of imidazole rings is 1. The predicted molar refractivity (Wildman–Crippen MR) is 144 cm³/mol. The summed E-state index contributed by atoms with van der Waals surface area (Å²) in [7, 11) is 0. The summed E-state index contributed by atoms with van der Waals surface area (Å²) < 4.78 is 2.46. The highest BCUT2D eigenvalue weighted by Crippen LogP contribution is 2.36. The van der Waals surface area contributed by atoms with Crippen LogP contribution in [0.4, 0.5) is 11.4 Å². The SMILES string of the molecule is CCCCn1c(-c2cccc3c2CCCC3)nc2c(Nc3cccc4ccccc34)cccc21. The first-order valence-electron chi connectivity index (χ1n) is 12.7. The van der Waals surface area contributed by atoms with Crippen molar-refractivity contribution in [2.75, 3.05) is 5.32 Å². The Bertz CT molecular complexity index is 1470. The lowest BCUT2D eigenvalue weighted by atomic mass is 9.88. The van der Waals surface area contributed by atoms with Gasteiger partial charge in [-0.05, 0) is 66.8 Å². The van der Waals surface area contributed by atoms with E-state index in [9.17, 15) is 0 Å². The molecule has 0 spiro atoms. The largest absolute Gasteiger partial charge is 0.353 e. The average Bonchev–Trinajstić information content (AvgIpc) is 3.26. The Morgan fingerprint density at radius 1 is 0.824 bits per heavy atom. The lowest BCUT2D eigenvalue weighted by Gasteiger charge is -2.19. The summed E-state index contributed by atoms with van der Waals surface area (Å²) in [6.45, 7) is 3.25. The summed E-state index contributed by atoms with van der Waals surface area (Å²) >= 11 is 0. The monoisotopic (exact) mass is 445 g/mol. The molecule has 4 aromatic carbocycles. The number of aromatic nitrogens is 2. The lowest BCUT2D eigenvalue weighted by molar-refractivity contribution is 0.648. The molecule has 6 rings (SSSR count). The van der Waals surface area contributed by atoms with Crippen molar-refractivity contribution < 1.29 is 0 Å². The summed E-state index contributed by atoms with van der Waals surface area (Å²) in [5, 5.41) is 6.19. The number of hydrogen-bond donors (Lipinski definition) is 1. The Morgan fingerprint density at radius 2 is 1.62 bits per heavy atom. The molecule has 170 valence electrons. The fourth-order valence-corrected chi connectivity index (χ4v) is 5.47. The normalized spacial score (nSPS) is 13.3. The third-order valence-corrected chi connectivity index (χ3v) is 7.21. The first-order chi connectivity index (χ1) is 16.8. The number of benzene rings is 4. The van der Waals surface area contributed by atoms with Gasteiger partial charge in [-0.25, -0.2) is 4.98 Å². The molecule has 1 heterocycles. The second-order valence-electron chi connectivity index (χ2n) is 9.42. The zero-order valence-corrected chi connectivity index (χ0v) is 19.8. The number of nitrogens with zero attached hydrogens (tertiary/aromatic N) is 2. The van der Waals surface area contributed by atoms with Gasteiger partial charge in [0.05, 0.1) is 11.2 Å². The molecule has 0 saturated heterocycles. The third-order valence-electron chi connectivity index (χ3n) is 7.21. The number of nitrogens with one attached hydrogen (secondary N) is 1. The Morgan fingerprint density at radius 3 is 2.56 bits per heavy atom. The van der Waals surface area contributed by atoms with Gasteiger partial charge in [0.1, 0.15) is 11.3 Å². The molecule has 1 aliphatic rings. The molecule has 0 saturated carbocycles. The number of para-hydroxylation sites is 1. The van der Waals surface area contributed by atoms with E-state index in [1.165, 1.54) is 58.7 Å². The highest BCUT2D eigenvalue weighted by molar-refractivity contribution is 5.99. The molecular formula is C31H31N3. The summed E-state index contributed by atoms with van der Waals surface area (Å²) in [6, 6.07) is 28.3. The van der Waals surface area contributed by atoms with E-state index in [1.807, 2.05) is 0 Å². The maximum absolute atomic E-state index is 5.32. The second-order valence-corrected chi connectivity index (χ2v) is 9.42. The van der Waals surface area contributed by atoms with E-state index < -0.39 is 0 Å². The fraction of sp³-hybridized carbons (Fsp3) is 0.258. The van der Waals surface area contributed by atoms with Gasteiger partial charge in [0, 0.05) is 23.2 Å². The molecule has 0 radical (unpaired) electrons. The van der Waals surface area contributed by atoms with Gasteiger partial charge in [-0.1, -0.05) is 74.0 Å². The quantitative estimate of drug-likeness (QED) is 0.285. The van der Waals surface area contributed by atoms with Crippen molar-refractivity contribution in [1.29, 1.82) is 0 Å². The number of anilines is 2. The van der Waals surface area contributed by atoms with Gasteiger partial charge in [-0.3, -0.25) is 0 Å². The Labute approximate surface area is 201 Å². The van der Waals surface area contributed by atoms with Gasteiger partial charge in [0.2, 0.25) is 0 Å². The molecular weight excluding hydrogens is 414 g/mol. The van der Waals surface area contributed by atoms with Crippen LogP contribution in [0.5, 0.6) is 0 Å². The Balaban J connectivity index is 1.52. The fourth-order valence-electron chi connectivity index (χ4n) is 5.47. The molecule has 0 amide bonds. The van der Waals surface area contributed by atoms with Gasteiger partial charge < -0.3 is 9.88 Å². The first-order valence-corrected chi connectivity index (χ1v) is 12.7. The molecule has 0 fully saturated rings. The van der Waals surface area contributed by atoms with Gasteiger partial charge in [-0.15, -0.1) is 0 Å². The number of unbranched alkanes of at least 4 members (excludes halogenated alkanes) is 1. The van der Waals surface area contributed by atoms with Gasteiger partial charge in [0.25, 0.3) is 0 Å². The van der Waals surface area contributed by atoms with Crippen LogP contribution >= 0.6 is 0 Å². The molecule has 0 unspecified atom stereocenters. The maximum Gasteiger partial charge on any atom is 0.141 e. The van der Waals surface area contributed by atoms with Crippen molar-refractivity contribution in [2.45, 2.75) is 52.0 Å². The minimum Gasteiger partial charge on any atom is -0.353 e.